The van der Waals surface area contributed by atoms with Gasteiger partial charge in [-0.2, -0.15) is 0 Å². The van der Waals surface area contributed by atoms with E-state index in [1.807, 2.05) is 72.8 Å². The van der Waals surface area contributed by atoms with Crippen LogP contribution in [0.5, 0.6) is 0 Å². The molecule has 2 atom stereocenters. The van der Waals surface area contributed by atoms with E-state index in [1.54, 1.807) is 13.8 Å². The van der Waals surface area contributed by atoms with Crippen LogP contribution in [0.25, 0.3) is 22.3 Å². The van der Waals surface area contributed by atoms with Crippen LogP contribution in [0.1, 0.15) is 90.3 Å². The van der Waals surface area contributed by atoms with Crippen molar-refractivity contribution in [1.29, 1.82) is 0 Å². The number of aliphatic hydroxyl groups excluding tert-OH is 2. The van der Waals surface area contributed by atoms with Gasteiger partial charge in [-0.1, -0.05) is 118 Å². The lowest BCUT2D eigenvalue weighted by molar-refractivity contribution is -0.159. The summed E-state index contributed by atoms with van der Waals surface area (Å²) in [6.45, 7) is 5.97. The topological polar surface area (TPSA) is 147 Å². The highest BCUT2D eigenvalue weighted by atomic mass is 16.5. The van der Waals surface area contributed by atoms with Crippen molar-refractivity contribution in [3.05, 3.63) is 119 Å². The van der Waals surface area contributed by atoms with Gasteiger partial charge in [0.1, 0.15) is 19.0 Å². The molecule has 0 aromatic heterocycles. The Hall–Kier alpha value is -5.12. The molecule has 0 amide bonds. The number of aliphatic hydroxyl groups is 2. The van der Waals surface area contributed by atoms with Crippen LogP contribution < -0.4 is 0 Å². The maximum Gasteiger partial charge on any atom is 0.312 e. The van der Waals surface area contributed by atoms with E-state index in [4.69, 9.17) is 16.0 Å². The van der Waals surface area contributed by atoms with Gasteiger partial charge in [-0.15, -0.1) is 0 Å². The van der Waals surface area contributed by atoms with Crippen LogP contribution >= 0.6 is 0 Å². The van der Waals surface area contributed by atoms with Crippen molar-refractivity contribution in [2.75, 3.05) is 26.4 Å². The van der Waals surface area contributed by atoms with E-state index in [0.29, 0.717) is 6.90 Å². The predicted molar refractivity (Wildman–Crippen MR) is 205 cm³/mol. The van der Waals surface area contributed by atoms with Gasteiger partial charge in [-0.3, -0.25) is 19.2 Å². The van der Waals surface area contributed by atoms with Crippen LogP contribution in [0.4, 0.5) is 0 Å². The fourth-order valence-electron chi connectivity index (χ4n) is 6.46. The van der Waals surface area contributed by atoms with E-state index >= 15 is 0 Å². The molecule has 282 valence electrons. The highest BCUT2D eigenvalue weighted by Gasteiger charge is 2.37. The van der Waals surface area contributed by atoms with Gasteiger partial charge in [-0.05, 0) is 65.3 Å². The molecule has 2 aliphatic rings. The lowest BCUT2D eigenvalue weighted by atomic mass is 9.84. The number of benzene rings is 4. The molecule has 0 saturated heterocycles. The minimum absolute atomic E-state index is 0. The second kappa shape index (κ2) is 18.6. The van der Waals surface area contributed by atoms with Gasteiger partial charge in [-0.25, -0.2) is 0 Å². The number of Topliss-reactive ketones (excluding diaryl/α,β-unsaturated/α-hetero) is 1. The van der Waals surface area contributed by atoms with Crippen molar-refractivity contribution in [3.63, 3.8) is 0 Å². The number of carbonyl (C=O) groups excluding carboxylic acids is 3. The monoisotopic (exact) mass is 725 g/mol. The van der Waals surface area contributed by atoms with Gasteiger partial charge in [0.25, 0.3) is 0 Å². The zero-order chi connectivity index (χ0) is 38.8. The summed E-state index contributed by atoms with van der Waals surface area (Å²) in [5.74, 6) is -2.60. The first-order valence-corrected chi connectivity index (χ1v) is 17.3. The Morgan fingerprint density at radius 2 is 0.906 bits per heavy atom. The Morgan fingerprint density at radius 1 is 0.623 bits per heavy atom. The Morgan fingerprint density at radius 3 is 1.17 bits per heavy atom. The second-order valence-corrected chi connectivity index (χ2v) is 13.5. The average molecular weight is 726 g/mol. The van der Waals surface area contributed by atoms with Crippen LogP contribution in [-0.2, 0) is 28.7 Å². The smallest absolute Gasteiger partial charge is 0.312 e. The molecule has 0 fully saturated rings. The number of ether oxygens (including phenoxy) is 2. The van der Waals surface area contributed by atoms with E-state index in [-0.39, 0.29) is 57.7 Å². The Kier molecular flexibility index (Phi) is 14.2. The summed E-state index contributed by atoms with van der Waals surface area (Å²) >= 11 is 0. The van der Waals surface area contributed by atoms with E-state index in [9.17, 15) is 29.4 Å². The SMILES string of the molecule is C.CC(=O)C(C)(CO)CC(=O)OCC1c2ccccc2-c2ccccc21.CC(CO)(CC(=O)OCC1c2ccccc2-c2ccccc21)C(=O)O.[2H]CC. The van der Waals surface area contributed by atoms with Crippen molar-refractivity contribution in [1.82, 2.24) is 0 Å². The van der Waals surface area contributed by atoms with Crippen LogP contribution in [0.3, 0.4) is 0 Å². The summed E-state index contributed by atoms with van der Waals surface area (Å²) < 4.78 is 17.1. The zero-order valence-electron chi connectivity index (χ0n) is 31.1. The number of hydrogen-bond donors (Lipinski definition) is 3. The number of fused-ring (bicyclic) bond motifs is 6. The van der Waals surface area contributed by atoms with Gasteiger partial charge in [0, 0.05) is 13.2 Å². The first kappa shape index (κ1) is 40.6. The molecule has 3 N–H and O–H groups in total. The Balaban J connectivity index is 0.000000266. The molecule has 0 saturated carbocycles. The minimum Gasteiger partial charge on any atom is -0.481 e. The van der Waals surface area contributed by atoms with Crippen LogP contribution in [-0.4, -0.2) is 65.4 Å². The van der Waals surface area contributed by atoms with E-state index in [2.05, 4.69) is 24.3 Å². The number of rotatable bonds is 12. The number of carboxylic acids is 1. The molecule has 9 heteroatoms. The minimum atomic E-state index is -1.53. The molecule has 0 heterocycles. The second-order valence-electron chi connectivity index (χ2n) is 13.5. The Labute approximate surface area is 314 Å². The fourth-order valence-corrected chi connectivity index (χ4v) is 6.46. The summed E-state index contributed by atoms with van der Waals surface area (Å²) in [6, 6.07) is 32.2. The molecule has 6 rings (SSSR count). The summed E-state index contributed by atoms with van der Waals surface area (Å²) in [6.07, 6.45) is -0.482. The van der Waals surface area contributed by atoms with Crippen LogP contribution in [0.2, 0.25) is 0 Å². The lowest BCUT2D eigenvalue weighted by Crippen LogP contribution is -2.34. The molecule has 53 heavy (non-hydrogen) atoms. The molecule has 2 aliphatic carbocycles. The van der Waals surface area contributed by atoms with Crippen LogP contribution in [0.15, 0.2) is 97.1 Å². The normalized spacial score (nSPS) is 14.6. The van der Waals surface area contributed by atoms with E-state index in [0.717, 1.165) is 33.4 Å². The molecule has 0 spiro atoms. The highest BCUT2D eigenvalue weighted by Crippen LogP contribution is 2.46. The summed E-state index contributed by atoms with van der Waals surface area (Å²) in [7, 11) is 0. The maximum absolute atomic E-state index is 12.2. The quantitative estimate of drug-likeness (QED) is 0.125. The first-order valence-electron chi connectivity index (χ1n) is 18.0. The first-order chi connectivity index (χ1) is 25.3. The third-order valence-corrected chi connectivity index (χ3v) is 9.88. The number of esters is 2. The van der Waals surface area contributed by atoms with E-state index < -0.39 is 35.3 Å². The Bertz CT molecular complexity index is 1700. The summed E-state index contributed by atoms with van der Waals surface area (Å²) in [5, 5.41) is 27.8. The molecular weight excluding hydrogens is 672 g/mol. The number of ketones is 1. The molecule has 4 aromatic rings. The molecule has 0 radical (unpaired) electrons. The van der Waals surface area contributed by atoms with Gasteiger partial charge < -0.3 is 24.8 Å². The van der Waals surface area contributed by atoms with Gasteiger partial charge in [0.15, 0.2) is 0 Å². The predicted octanol–water partition coefficient (Wildman–Crippen LogP) is 7.80. The molecule has 2 unspecified atom stereocenters. The third-order valence-electron chi connectivity index (χ3n) is 9.88. The van der Waals surface area contributed by atoms with Crippen molar-refractivity contribution < 1.29 is 45.3 Å². The number of carboxylic acid groups (broad SMARTS) is 1. The third kappa shape index (κ3) is 9.28. The zero-order valence-corrected chi connectivity index (χ0v) is 30.1. The van der Waals surface area contributed by atoms with Crippen molar-refractivity contribution in [2.24, 2.45) is 10.8 Å². The lowest BCUT2D eigenvalue weighted by Gasteiger charge is -2.23. The van der Waals surface area contributed by atoms with Crippen molar-refractivity contribution in [2.45, 2.75) is 66.7 Å². The number of carbonyl (C=O) groups is 4. The number of aliphatic carboxylic acids is 1. The average Bonchev–Trinajstić information content (AvgIpc) is 3.65. The number of hydrogen-bond acceptors (Lipinski definition) is 8. The largest absolute Gasteiger partial charge is 0.481 e. The maximum atomic E-state index is 12.2. The van der Waals surface area contributed by atoms with Gasteiger partial charge in [0.2, 0.25) is 0 Å². The van der Waals surface area contributed by atoms with E-state index in [1.165, 1.54) is 25.0 Å². The summed E-state index contributed by atoms with van der Waals surface area (Å²) in [5.41, 5.74) is 6.48. The molecule has 9 nitrogen and oxygen atoms in total. The van der Waals surface area contributed by atoms with Crippen LogP contribution in [0, 0.1) is 10.8 Å². The molecular formula is C44H52O9. The van der Waals surface area contributed by atoms with Gasteiger partial charge >= 0.3 is 17.9 Å². The molecule has 0 aliphatic heterocycles. The standard InChI is InChI=1S/C21H22O4.C20H20O5.C2H6.CH4/c1-14(23)21(2,13-22)11-20(24)25-12-19-17-9-5-3-7-15(17)16-8-4-6-10-18(16)19;1-20(12-21,19(23)24)10-18(22)25-11-17-15-8-4-2-6-13(15)14-7-3-5-9-16(14)17;1-2;/h3-10,19,22H,11-13H2,1-2H3;2-9,17,21H,10-12H2,1H3,(H,23,24);1-2H3;1H4/i;;1D;. The fraction of sp³-hybridized carbons (Fsp3) is 0.364. The molecule has 0 bridgehead atoms. The van der Waals surface area contributed by atoms with Gasteiger partial charge in [0.05, 0.1) is 36.9 Å². The molecule has 4 aromatic carbocycles. The van der Waals surface area contributed by atoms with Crippen molar-refractivity contribution in [3.8, 4) is 22.3 Å². The summed E-state index contributed by atoms with van der Waals surface area (Å²) in [4.78, 5) is 47.2. The van der Waals surface area contributed by atoms with Crippen molar-refractivity contribution >= 4 is 23.7 Å². The highest BCUT2D eigenvalue weighted by molar-refractivity contribution is 5.87.